The van der Waals surface area contributed by atoms with Crippen molar-refractivity contribution in [2.75, 3.05) is 6.54 Å². The van der Waals surface area contributed by atoms with E-state index in [0.717, 1.165) is 13.0 Å². The Kier molecular flexibility index (Phi) is 4.86. The molecule has 1 atom stereocenters. The van der Waals surface area contributed by atoms with Crippen molar-refractivity contribution in [3.8, 4) is 0 Å². The summed E-state index contributed by atoms with van der Waals surface area (Å²) < 4.78 is 6.26. The van der Waals surface area contributed by atoms with Crippen molar-refractivity contribution in [3.05, 3.63) is 0 Å². The predicted molar refractivity (Wildman–Crippen MR) is 65.0 cm³/mol. The molecule has 0 aliphatic rings. The number of rotatable bonds is 5. The molecule has 0 aliphatic carbocycles. The highest BCUT2D eigenvalue weighted by molar-refractivity contribution is 6.84. The second-order valence-corrected chi connectivity index (χ2v) is 14.5. The van der Waals surface area contributed by atoms with Gasteiger partial charge in [0.15, 0.2) is 16.6 Å². The van der Waals surface area contributed by atoms with Gasteiger partial charge >= 0.3 is 0 Å². The molecule has 0 spiro atoms. The molecule has 0 saturated carbocycles. The van der Waals surface area contributed by atoms with Crippen molar-refractivity contribution in [1.82, 2.24) is 0 Å². The lowest BCUT2D eigenvalue weighted by molar-refractivity contribution is 0.520. The van der Waals surface area contributed by atoms with Crippen LogP contribution in [0.1, 0.15) is 13.3 Å². The van der Waals surface area contributed by atoms with Gasteiger partial charge in [0, 0.05) is 0 Å². The maximum atomic E-state index is 6.26. The van der Waals surface area contributed by atoms with Crippen LogP contribution in [0.2, 0.25) is 38.3 Å². The normalized spacial score (nSPS) is 15.9. The van der Waals surface area contributed by atoms with E-state index in [-0.39, 0.29) is 0 Å². The first-order chi connectivity index (χ1) is 5.69. The van der Waals surface area contributed by atoms with Crippen molar-refractivity contribution in [3.63, 3.8) is 0 Å². The molecule has 4 heteroatoms. The fraction of sp³-hybridized carbons (Fsp3) is 1.00. The number of hydrogen-bond acceptors (Lipinski definition) is 2. The van der Waals surface area contributed by atoms with Gasteiger partial charge in [0.05, 0.1) is 0 Å². The van der Waals surface area contributed by atoms with Gasteiger partial charge in [-0.3, -0.25) is 0 Å². The van der Waals surface area contributed by atoms with Gasteiger partial charge in [-0.2, -0.15) is 0 Å². The van der Waals surface area contributed by atoms with Gasteiger partial charge in [-0.15, -0.1) is 0 Å². The molecule has 2 nitrogen and oxygen atoms in total. The molecule has 0 fully saturated rings. The van der Waals surface area contributed by atoms with Crippen LogP contribution in [0.5, 0.6) is 0 Å². The predicted octanol–water partition coefficient (Wildman–Crippen LogP) is 2.78. The van der Waals surface area contributed by atoms with Crippen LogP contribution in [0.25, 0.3) is 0 Å². The van der Waals surface area contributed by atoms with E-state index < -0.39 is 16.6 Å². The Balaban J connectivity index is 4.21. The Bertz CT molecular complexity index is 154. The minimum atomic E-state index is -1.48. The first-order valence-corrected chi connectivity index (χ1v) is 11.5. The van der Waals surface area contributed by atoms with E-state index in [9.17, 15) is 0 Å². The third-order valence-corrected chi connectivity index (χ3v) is 9.57. The van der Waals surface area contributed by atoms with E-state index in [1.807, 2.05) is 0 Å². The van der Waals surface area contributed by atoms with Crippen LogP contribution in [0, 0.1) is 0 Å². The third-order valence-electron chi connectivity index (χ3n) is 2.36. The first kappa shape index (κ1) is 13.4. The first-order valence-electron chi connectivity index (χ1n) is 5.09. The second kappa shape index (κ2) is 4.73. The molecule has 0 aromatic heterocycles. The molecule has 13 heavy (non-hydrogen) atoms. The van der Waals surface area contributed by atoms with E-state index in [0.29, 0.717) is 5.54 Å². The average Bonchev–Trinajstić information content (AvgIpc) is 1.82. The summed E-state index contributed by atoms with van der Waals surface area (Å²) >= 11 is 0. The van der Waals surface area contributed by atoms with Crippen molar-refractivity contribution < 1.29 is 4.12 Å². The summed E-state index contributed by atoms with van der Waals surface area (Å²) in [5.41, 5.74) is 6.24. The lowest BCUT2D eigenvalue weighted by Crippen LogP contribution is -2.45. The molecule has 1 unspecified atom stereocenters. The van der Waals surface area contributed by atoms with Gasteiger partial charge < -0.3 is 9.85 Å². The zero-order chi connectivity index (χ0) is 10.7. The van der Waals surface area contributed by atoms with Crippen molar-refractivity contribution >= 4 is 16.6 Å². The molecule has 0 saturated heterocycles. The molecule has 0 bridgehead atoms. The second-order valence-electron chi connectivity index (χ2n) is 5.30. The molecule has 0 aliphatic heterocycles. The molecule has 80 valence electrons. The van der Waals surface area contributed by atoms with E-state index in [1.165, 1.54) is 0 Å². The minimum Gasteiger partial charge on any atom is -0.456 e. The summed E-state index contributed by atoms with van der Waals surface area (Å²) in [4.78, 5) is 0. The van der Waals surface area contributed by atoms with Crippen molar-refractivity contribution in [2.45, 2.75) is 51.6 Å². The Hall–Kier alpha value is 0.354. The van der Waals surface area contributed by atoms with Crippen LogP contribution in [-0.4, -0.2) is 23.2 Å². The van der Waals surface area contributed by atoms with Gasteiger partial charge in [-0.05, 0) is 51.2 Å². The van der Waals surface area contributed by atoms with E-state index in [4.69, 9.17) is 9.85 Å². The molecule has 0 aromatic carbocycles. The summed E-state index contributed by atoms with van der Waals surface area (Å²) in [6.45, 7) is 14.5. The highest BCUT2D eigenvalue weighted by atomic mass is 28.4. The van der Waals surface area contributed by atoms with Crippen molar-refractivity contribution in [2.24, 2.45) is 5.73 Å². The lowest BCUT2D eigenvalue weighted by atomic mass is 10.3. The van der Waals surface area contributed by atoms with Crippen LogP contribution in [0.15, 0.2) is 0 Å². The fourth-order valence-corrected chi connectivity index (χ4v) is 9.47. The average molecular weight is 219 g/mol. The van der Waals surface area contributed by atoms with Crippen LogP contribution in [-0.2, 0) is 4.12 Å². The third kappa shape index (κ3) is 5.62. The quantitative estimate of drug-likeness (QED) is 0.722. The molecule has 2 N–H and O–H groups in total. The summed E-state index contributed by atoms with van der Waals surface area (Å²) in [5.74, 6) is 0. The minimum absolute atomic E-state index is 0.671. The van der Waals surface area contributed by atoms with Gasteiger partial charge in [-0.1, -0.05) is 6.92 Å². The van der Waals surface area contributed by atoms with Crippen LogP contribution < -0.4 is 5.73 Å². The smallest absolute Gasteiger partial charge is 0.176 e. The highest BCUT2D eigenvalue weighted by Crippen LogP contribution is 2.28. The van der Waals surface area contributed by atoms with Crippen LogP contribution >= 0.6 is 0 Å². The van der Waals surface area contributed by atoms with E-state index in [1.54, 1.807) is 0 Å². The maximum absolute atomic E-state index is 6.26. The Morgan fingerprint density at radius 1 is 1.15 bits per heavy atom. The summed E-state index contributed by atoms with van der Waals surface area (Å²) in [6, 6.07) is 0. The summed E-state index contributed by atoms with van der Waals surface area (Å²) in [5, 5.41) is 0. The topological polar surface area (TPSA) is 35.2 Å². The largest absolute Gasteiger partial charge is 0.456 e. The lowest BCUT2D eigenvalue weighted by Gasteiger charge is -2.36. The van der Waals surface area contributed by atoms with E-state index >= 15 is 0 Å². The SMILES string of the molecule is CC(CCN)[Si](C)(C)O[Si](C)(C)C. The molecule has 0 amide bonds. The molecule has 0 heterocycles. The Morgan fingerprint density at radius 3 is 1.92 bits per heavy atom. The Morgan fingerprint density at radius 2 is 1.62 bits per heavy atom. The van der Waals surface area contributed by atoms with Crippen LogP contribution in [0.4, 0.5) is 0 Å². The molecule has 0 aromatic rings. The van der Waals surface area contributed by atoms with Gasteiger partial charge in [0.2, 0.25) is 0 Å². The van der Waals surface area contributed by atoms with Gasteiger partial charge in [0.1, 0.15) is 0 Å². The van der Waals surface area contributed by atoms with E-state index in [2.05, 4.69) is 39.7 Å². The molecular formula is C9H25NOSi2. The van der Waals surface area contributed by atoms with Gasteiger partial charge in [0.25, 0.3) is 0 Å². The fourth-order valence-electron chi connectivity index (χ4n) is 1.49. The maximum Gasteiger partial charge on any atom is 0.176 e. The monoisotopic (exact) mass is 219 g/mol. The van der Waals surface area contributed by atoms with Crippen LogP contribution in [0.3, 0.4) is 0 Å². The summed E-state index contributed by atoms with van der Waals surface area (Å²) in [6.07, 6.45) is 1.10. The molecular weight excluding hydrogens is 194 g/mol. The molecule has 0 radical (unpaired) electrons. The standard InChI is InChI=1S/C9H25NOSi2/c1-9(7-8-10)13(5,6)11-12(2,3)4/h9H,7-8,10H2,1-6H3. The zero-order valence-corrected chi connectivity index (χ0v) is 12.0. The van der Waals surface area contributed by atoms with Crippen molar-refractivity contribution in [1.29, 1.82) is 0 Å². The highest BCUT2D eigenvalue weighted by Gasteiger charge is 2.34. The zero-order valence-electron chi connectivity index (χ0n) is 9.98. The number of hydrogen-bond donors (Lipinski definition) is 1. The van der Waals surface area contributed by atoms with Gasteiger partial charge in [-0.25, -0.2) is 0 Å². The Labute approximate surface area is 85.1 Å². The molecule has 0 rings (SSSR count). The number of nitrogens with two attached hydrogens (primary N) is 1. The summed E-state index contributed by atoms with van der Waals surface area (Å²) in [7, 11) is -2.84.